The molecule has 7 heteroatoms. The first-order valence-electron chi connectivity index (χ1n) is 5.52. The van der Waals surface area contributed by atoms with E-state index >= 15 is 0 Å². The number of nitrogens with one attached hydrogen (secondary N) is 1. The van der Waals surface area contributed by atoms with Gasteiger partial charge in [-0.25, -0.2) is 13.2 Å². The van der Waals surface area contributed by atoms with Crippen LogP contribution in [0.1, 0.15) is 30.1 Å². The summed E-state index contributed by atoms with van der Waals surface area (Å²) in [6.07, 6.45) is -0.0881. The predicted molar refractivity (Wildman–Crippen MR) is 60.1 cm³/mol. The number of carbonyl (C=O) groups excluding carboxylic acids is 1. The maximum absolute atomic E-state index is 13.3. The topological polar surface area (TPSA) is 66.4 Å². The summed E-state index contributed by atoms with van der Waals surface area (Å²) in [7, 11) is 0. The van der Waals surface area contributed by atoms with Crippen molar-refractivity contribution in [3.63, 3.8) is 0 Å². The highest BCUT2D eigenvalue weighted by Gasteiger charge is 2.22. The van der Waals surface area contributed by atoms with E-state index in [9.17, 15) is 22.8 Å². The second-order valence-electron chi connectivity index (χ2n) is 3.92. The lowest BCUT2D eigenvalue weighted by atomic mass is 10.1. The number of amides is 1. The van der Waals surface area contributed by atoms with E-state index in [1.165, 1.54) is 0 Å². The van der Waals surface area contributed by atoms with E-state index in [1.54, 1.807) is 6.92 Å². The smallest absolute Gasteiger partial charge is 0.305 e. The second-order valence-corrected chi connectivity index (χ2v) is 3.92. The zero-order chi connectivity index (χ0) is 14.6. The van der Waals surface area contributed by atoms with Gasteiger partial charge in [0.15, 0.2) is 0 Å². The average molecular weight is 275 g/mol. The van der Waals surface area contributed by atoms with Crippen molar-refractivity contribution in [1.29, 1.82) is 0 Å². The number of rotatable bonds is 5. The summed E-state index contributed by atoms with van der Waals surface area (Å²) in [4.78, 5) is 22.2. The van der Waals surface area contributed by atoms with Gasteiger partial charge in [0.2, 0.25) is 0 Å². The van der Waals surface area contributed by atoms with Crippen molar-refractivity contribution in [2.75, 3.05) is 0 Å². The van der Waals surface area contributed by atoms with Crippen LogP contribution in [0, 0.1) is 17.5 Å². The van der Waals surface area contributed by atoms with Gasteiger partial charge in [0.05, 0.1) is 6.42 Å². The molecule has 0 aliphatic heterocycles. The van der Waals surface area contributed by atoms with Crippen molar-refractivity contribution in [3.8, 4) is 0 Å². The Morgan fingerprint density at radius 3 is 2.21 bits per heavy atom. The molecule has 2 N–H and O–H groups in total. The van der Waals surface area contributed by atoms with Crippen LogP contribution in [0.4, 0.5) is 13.2 Å². The second kappa shape index (κ2) is 6.21. The largest absolute Gasteiger partial charge is 0.481 e. The molecule has 1 unspecified atom stereocenters. The molecule has 104 valence electrons. The lowest BCUT2D eigenvalue weighted by Crippen LogP contribution is -2.37. The molecule has 0 radical (unpaired) electrons. The Bertz CT molecular complexity index is 482. The van der Waals surface area contributed by atoms with Gasteiger partial charge in [0, 0.05) is 18.2 Å². The molecule has 0 aliphatic carbocycles. The summed E-state index contributed by atoms with van der Waals surface area (Å²) in [6.45, 7) is 1.62. The highest BCUT2D eigenvalue weighted by atomic mass is 19.1. The van der Waals surface area contributed by atoms with Crippen LogP contribution in [0.3, 0.4) is 0 Å². The molecule has 0 saturated heterocycles. The Hall–Kier alpha value is -2.05. The molecule has 0 bridgehead atoms. The fourth-order valence-corrected chi connectivity index (χ4v) is 1.52. The van der Waals surface area contributed by atoms with Crippen LogP contribution < -0.4 is 5.32 Å². The summed E-state index contributed by atoms with van der Waals surface area (Å²) in [6, 6.07) is 0.0144. The monoisotopic (exact) mass is 275 g/mol. The Kier molecular flexibility index (Phi) is 4.91. The SMILES string of the molecule is CCC(CC(=O)O)NC(=O)c1c(F)cc(F)cc1F. The Morgan fingerprint density at radius 2 is 1.79 bits per heavy atom. The van der Waals surface area contributed by atoms with Gasteiger partial charge in [-0.15, -0.1) is 0 Å². The fourth-order valence-electron chi connectivity index (χ4n) is 1.52. The summed E-state index contributed by atoms with van der Waals surface area (Å²) < 4.78 is 39.3. The minimum atomic E-state index is -1.33. The lowest BCUT2D eigenvalue weighted by molar-refractivity contribution is -0.137. The van der Waals surface area contributed by atoms with E-state index in [1.807, 2.05) is 0 Å². The van der Waals surface area contributed by atoms with Crippen LogP contribution in [-0.4, -0.2) is 23.0 Å². The van der Waals surface area contributed by atoms with Gasteiger partial charge in [-0.1, -0.05) is 6.92 Å². The molecule has 19 heavy (non-hydrogen) atoms. The standard InChI is InChI=1S/C12H12F3NO3/c1-2-7(5-10(17)18)16-12(19)11-8(14)3-6(13)4-9(11)15/h3-4,7H,2,5H2,1H3,(H,16,19)(H,17,18). The van der Waals surface area contributed by atoms with Crippen molar-refractivity contribution in [1.82, 2.24) is 5.32 Å². The Balaban J connectivity index is 2.92. The zero-order valence-corrected chi connectivity index (χ0v) is 10.0. The van der Waals surface area contributed by atoms with Gasteiger partial charge in [-0.05, 0) is 6.42 Å². The molecule has 0 fully saturated rings. The van der Waals surface area contributed by atoms with E-state index in [0.29, 0.717) is 12.1 Å². The van der Waals surface area contributed by atoms with Crippen LogP contribution in [-0.2, 0) is 4.79 Å². The summed E-state index contributed by atoms with van der Waals surface area (Å²) in [5.74, 6) is -6.06. The Labute approximate surface area is 107 Å². The number of halogens is 3. The van der Waals surface area contributed by atoms with Crippen LogP contribution >= 0.6 is 0 Å². The van der Waals surface area contributed by atoms with Gasteiger partial charge in [0.1, 0.15) is 23.0 Å². The van der Waals surface area contributed by atoms with Gasteiger partial charge in [0.25, 0.3) is 5.91 Å². The van der Waals surface area contributed by atoms with Gasteiger partial charge in [-0.3, -0.25) is 9.59 Å². The van der Waals surface area contributed by atoms with Crippen LogP contribution in [0.5, 0.6) is 0 Å². The van der Waals surface area contributed by atoms with E-state index in [-0.39, 0.29) is 12.8 Å². The third-order valence-electron chi connectivity index (χ3n) is 2.48. The molecule has 0 heterocycles. The normalized spacial score (nSPS) is 12.0. The number of benzene rings is 1. The fraction of sp³-hybridized carbons (Fsp3) is 0.333. The van der Waals surface area contributed by atoms with E-state index in [2.05, 4.69) is 5.32 Å². The van der Waals surface area contributed by atoms with E-state index in [0.717, 1.165) is 0 Å². The van der Waals surface area contributed by atoms with Crippen molar-refractivity contribution < 1.29 is 27.9 Å². The molecule has 1 rings (SSSR count). The zero-order valence-electron chi connectivity index (χ0n) is 10.0. The third kappa shape index (κ3) is 3.97. The molecular formula is C12H12F3NO3. The highest BCUT2D eigenvalue weighted by molar-refractivity contribution is 5.95. The summed E-state index contributed by atoms with van der Waals surface area (Å²) in [5.41, 5.74) is -0.926. The van der Waals surface area contributed by atoms with Crippen LogP contribution in [0.2, 0.25) is 0 Å². The van der Waals surface area contributed by atoms with Crippen molar-refractivity contribution in [2.24, 2.45) is 0 Å². The molecule has 4 nitrogen and oxygen atoms in total. The lowest BCUT2D eigenvalue weighted by Gasteiger charge is -2.15. The van der Waals surface area contributed by atoms with E-state index < -0.39 is 40.9 Å². The van der Waals surface area contributed by atoms with Crippen molar-refractivity contribution in [2.45, 2.75) is 25.8 Å². The van der Waals surface area contributed by atoms with Gasteiger partial charge < -0.3 is 10.4 Å². The number of carboxylic acids is 1. The molecule has 0 aliphatic rings. The number of carbonyl (C=O) groups is 2. The molecule has 0 saturated carbocycles. The molecule has 1 aromatic rings. The molecule has 1 aromatic carbocycles. The van der Waals surface area contributed by atoms with Gasteiger partial charge in [-0.2, -0.15) is 0 Å². The molecular weight excluding hydrogens is 263 g/mol. The molecule has 1 atom stereocenters. The van der Waals surface area contributed by atoms with Crippen LogP contribution in [0.15, 0.2) is 12.1 Å². The van der Waals surface area contributed by atoms with E-state index in [4.69, 9.17) is 5.11 Å². The molecule has 1 amide bonds. The summed E-state index contributed by atoms with van der Waals surface area (Å²) >= 11 is 0. The van der Waals surface area contributed by atoms with Crippen LogP contribution in [0.25, 0.3) is 0 Å². The molecule has 0 spiro atoms. The van der Waals surface area contributed by atoms with Crippen molar-refractivity contribution >= 4 is 11.9 Å². The predicted octanol–water partition coefficient (Wildman–Crippen LogP) is 2.09. The van der Waals surface area contributed by atoms with Crippen molar-refractivity contribution in [3.05, 3.63) is 35.1 Å². The number of aliphatic carboxylic acids is 1. The maximum Gasteiger partial charge on any atom is 0.305 e. The number of hydrogen-bond donors (Lipinski definition) is 2. The first-order chi connectivity index (χ1) is 8.85. The third-order valence-corrected chi connectivity index (χ3v) is 2.48. The number of hydrogen-bond acceptors (Lipinski definition) is 2. The Morgan fingerprint density at radius 1 is 1.26 bits per heavy atom. The minimum absolute atomic E-state index is 0.280. The number of carboxylic acid groups (broad SMARTS) is 1. The quantitative estimate of drug-likeness (QED) is 0.864. The molecule has 0 aromatic heterocycles. The highest BCUT2D eigenvalue weighted by Crippen LogP contribution is 2.15. The summed E-state index contributed by atoms with van der Waals surface area (Å²) in [5, 5.41) is 10.8. The van der Waals surface area contributed by atoms with Gasteiger partial charge >= 0.3 is 5.97 Å². The first-order valence-corrected chi connectivity index (χ1v) is 5.52. The average Bonchev–Trinajstić information content (AvgIpc) is 2.25. The maximum atomic E-state index is 13.3. The minimum Gasteiger partial charge on any atom is -0.481 e. The first kappa shape index (κ1) is 15.0.